The van der Waals surface area contributed by atoms with Crippen LogP contribution in [0, 0.1) is 0 Å². The molecule has 94 valence electrons. The molecule has 0 fully saturated rings. The van der Waals surface area contributed by atoms with Gasteiger partial charge in [-0.2, -0.15) is 0 Å². The zero-order valence-electron chi connectivity index (χ0n) is 11.0. The van der Waals surface area contributed by atoms with Crippen LogP contribution in [0.25, 0.3) is 0 Å². The Morgan fingerprint density at radius 1 is 0.889 bits per heavy atom. The minimum absolute atomic E-state index is 0.466. The van der Waals surface area contributed by atoms with Crippen LogP contribution >= 0.6 is 0 Å². The second kappa shape index (κ2) is 5.58. The molecule has 0 saturated carbocycles. The molecule has 2 heteroatoms. The highest BCUT2D eigenvalue weighted by molar-refractivity contribution is 5.46. The summed E-state index contributed by atoms with van der Waals surface area (Å²) in [5, 5.41) is 3.39. The van der Waals surface area contributed by atoms with E-state index in [0.717, 1.165) is 12.1 Å². The summed E-state index contributed by atoms with van der Waals surface area (Å²) in [6.07, 6.45) is 0.947. The van der Waals surface area contributed by atoms with Crippen LogP contribution in [0.3, 0.4) is 0 Å². The molecule has 2 aromatic carbocycles. The van der Waals surface area contributed by atoms with Crippen molar-refractivity contribution in [1.29, 1.82) is 0 Å². The Morgan fingerprint density at radius 2 is 1.39 bits per heavy atom. The lowest BCUT2D eigenvalue weighted by Gasteiger charge is -2.10. The lowest BCUT2D eigenvalue weighted by Crippen LogP contribution is -2.09. The molecule has 0 heterocycles. The van der Waals surface area contributed by atoms with Gasteiger partial charge in [-0.1, -0.05) is 24.3 Å². The van der Waals surface area contributed by atoms with Crippen LogP contribution in [0.15, 0.2) is 48.5 Å². The monoisotopic (exact) mass is 240 g/mol. The van der Waals surface area contributed by atoms with Crippen molar-refractivity contribution >= 4 is 11.4 Å². The summed E-state index contributed by atoms with van der Waals surface area (Å²) in [5.41, 5.74) is 10.3. The molecular formula is C16H20N2. The van der Waals surface area contributed by atoms with E-state index in [1.807, 2.05) is 12.1 Å². The first-order valence-corrected chi connectivity index (χ1v) is 6.33. The smallest absolute Gasteiger partial charge is 0.0342 e. The molecule has 0 radical (unpaired) electrons. The predicted molar refractivity (Wildman–Crippen MR) is 78.9 cm³/mol. The number of hydrogen-bond acceptors (Lipinski definition) is 2. The van der Waals surface area contributed by atoms with Crippen LogP contribution < -0.4 is 11.1 Å². The van der Waals surface area contributed by atoms with Crippen LogP contribution in [0.4, 0.5) is 11.4 Å². The zero-order chi connectivity index (χ0) is 13.0. The first-order chi connectivity index (χ1) is 8.63. The minimum atomic E-state index is 0.466. The molecular weight excluding hydrogens is 220 g/mol. The van der Waals surface area contributed by atoms with E-state index in [4.69, 9.17) is 5.73 Å². The number of nitrogens with one attached hydrogen (secondary N) is 1. The molecule has 2 aromatic rings. The van der Waals surface area contributed by atoms with E-state index in [9.17, 15) is 0 Å². The number of nitrogens with two attached hydrogens (primary N) is 1. The van der Waals surface area contributed by atoms with Crippen molar-refractivity contribution in [2.45, 2.75) is 26.3 Å². The molecule has 0 aromatic heterocycles. The summed E-state index contributed by atoms with van der Waals surface area (Å²) in [4.78, 5) is 0. The molecule has 0 aliphatic heterocycles. The third kappa shape index (κ3) is 3.52. The Hall–Kier alpha value is -1.96. The van der Waals surface area contributed by atoms with E-state index in [1.54, 1.807) is 0 Å². The molecule has 0 aliphatic rings. The van der Waals surface area contributed by atoms with Gasteiger partial charge in [-0.15, -0.1) is 0 Å². The molecule has 2 nitrogen and oxygen atoms in total. The molecule has 0 amide bonds. The summed E-state index contributed by atoms with van der Waals surface area (Å²) in [6.45, 7) is 4.28. The fourth-order valence-electron chi connectivity index (χ4n) is 1.92. The summed E-state index contributed by atoms with van der Waals surface area (Å²) in [6, 6.07) is 17.1. The van der Waals surface area contributed by atoms with E-state index in [0.29, 0.717) is 6.04 Å². The Bertz CT molecular complexity index is 484. The van der Waals surface area contributed by atoms with Crippen molar-refractivity contribution in [3.63, 3.8) is 0 Å². The highest BCUT2D eigenvalue weighted by Gasteiger charge is 1.98. The summed E-state index contributed by atoms with van der Waals surface area (Å²) in [7, 11) is 0. The van der Waals surface area contributed by atoms with Gasteiger partial charge in [0.15, 0.2) is 0 Å². The van der Waals surface area contributed by atoms with Gasteiger partial charge in [0.05, 0.1) is 0 Å². The van der Waals surface area contributed by atoms with E-state index in [-0.39, 0.29) is 0 Å². The van der Waals surface area contributed by atoms with Crippen molar-refractivity contribution in [2.24, 2.45) is 0 Å². The molecule has 0 saturated heterocycles. The molecule has 0 spiro atoms. The maximum absolute atomic E-state index is 5.68. The Labute approximate surface area is 109 Å². The van der Waals surface area contributed by atoms with Crippen LogP contribution in [0.5, 0.6) is 0 Å². The van der Waals surface area contributed by atoms with E-state index in [2.05, 4.69) is 55.6 Å². The van der Waals surface area contributed by atoms with Crippen LogP contribution in [0.2, 0.25) is 0 Å². The SMILES string of the molecule is CC(C)Nc1ccc(Cc2ccc(N)cc2)cc1. The van der Waals surface area contributed by atoms with Gasteiger partial charge in [-0.05, 0) is 55.7 Å². The predicted octanol–water partition coefficient (Wildman–Crippen LogP) is 3.68. The van der Waals surface area contributed by atoms with Crippen LogP contribution in [0.1, 0.15) is 25.0 Å². The van der Waals surface area contributed by atoms with E-state index >= 15 is 0 Å². The Kier molecular flexibility index (Phi) is 3.88. The Balaban J connectivity index is 2.04. The first kappa shape index (κ1) is 12.5. The van der Waals surface area contributed by atoms with Gasteiger partial charge in [0.25, 0.3) is 0 Å². The fraction of sp³-hybridized carbons (Fsp3) is 0.250. The van der Waals surface area contributed by atoms with Crippen molar-refractivity contribution in [2.75, 3.05) is 11.1 Å². The van der Waals surface area contributed by atoms with Gasteiger partial charge in [0, 0.05) is 17.4 Å². The van der Waals surface area contributed by atoms with Gasteiger partial charge in [-0.25, -0.2) is 0 Å². The highest BCUT2D eigenvalue weighted by Crippen LogP contribution is 2.15. The van der Waals surface area contributed by atoms with E-state index in [1.165, 1.54) is 16.8 Å². The van der Waals surface area contributed by atoms with Gasteiger partial charge < -0.3 is 11.1 Å². The summed E-state index contributed by atoms with van der Waals surface area (Å²) in [5.74, 6) is 0. The average Bonchev–Trinajstić information content (AvgIpc) is 2.34. The number of anilines is 2. The molecule has 0 aliphatic carbocycles. The lowest BCUT2D eigenvalue weighted by molar-refractivity contribution is 0.899. The summed E-state index contributed by atoms with van der Waals surface area (Å²) >= 11 is 0. The van der Waals surface area contributed by atoms with Crippen molar-refractivity contribution < 1.29 is 0 Å². The fourth-order valence-corrected chi connectivity index (χ4v) is 1.92. The number of nitrogen functional groups attached to an aromatic ring is 1. The van der Waals surface area contributed by atoms with Gasteiger partial charge in [0.1, 0.15) is 0 Å². The molecule has 0 unspecified atom stereocenters. The maximum Gasteiger partial charge on any atom is 0.0342 e. The van der Waals surface area contributed by atoms with Gasteiger partial charge >= 0.3 is 0 Å². The lowest BCUT2D eigenvalue weighted by atomic mass is 10.0. The van der Waals surface area contributed by atoms with E-state index < -0.39 is 0 Å². The second-order valence-corrected chi connectivity index (χ2v) is 4.91. The average molecular weight is 240 g/mol. The van der Waals surface area contributed by atoms with Crippen LogP contribution in [-0.4, -0.2) is 6.04 Å². The van der Waals surface area contributed by atoms with Crippen molar-refractivity contribution in [3.05, 3.63) is 59.7 Å². The molecule has 2 rings (SSSR count). The number of rotatable bonds is 4. The minimum Gasteiger partial charge on any atom is -0.399 e. The van der Waals surface area contributed by atoms with Crippen molar-refractivity contribution in [1.82, 2.24) is 0 Å². The van der Waals surface area contributed by atoms with Crippen LogP contribution in [-0.2, 0) is 6.42 Å². The number of benzene rings is 2. The third-order valence-corrected chi connectivity index (χ3v) is 2.80. The zero-order valence-corrected chi connectivity index (χ0v) is 11.0. The molecule has 0 atom stereocenters. The second-order valence-electron chi connectivity index (χ2n) is 4.91. The third-order valence-electron chi connectivity index (χ3n) is 2.80. The van der Waals surface area contributed by atoms with Crippen molar-refractivity contribution in [3.8, 4) is 0 Å². The normalized spacial score (nSPS) is 10.6. The molecule has 3 N–H and O–H groups in total. The van der Waals surface area contributed by atoms with Gasteiger partial charge in [-0.3, -0.25) is 0 Å². The quantitative estimate of drug-likeness (QED) is 0.800. The highest BCUT2D eigenvalue weighted by atomic mass is 14.9. The molecule has 18 heavy (non-hydrogen) atoms. The molecule has 0 bridgehead atoms. The Morgan fingerprint density at radius 3 is 1.89 bits per heavy atom. The topological polar surface area (TPSA) is 38.0 Å². The largest absolute Gasteiger partial charge is 0.399 e. The number of hydrogen-bond donors (Lipinski definition) is 2. The van der Waals surface area contributed by atoms with Gasteiger partial charge in [0.2, 0.25) is 0 Å². The standard InChI is InChI=1S/C16H20N2/c1-12(2)18-16-9-5-14(6-10-16)11-13-3-7-15(17)8-4-13/h3-10,12,18H,11,17H2,1-2H3. The maximum atomic E-state index is 5.68. The summed E-state index contributed by atoms with van der Waals surface area (Å²) < 4.78 is 0. The first-order valence-electron chi connectivity index (χ1n) is 6.33.